The van der Waals surface area contributed by atoms with Crippen LogP contribution in [0.5, 0.6) is 0 Å². The van der Waals surface area contributed by atoms with Crippen molar-refractivity contribution in [2.45, 2.75) is 73.4 Å². The standard InChI is InChI=1S/C27H34ClN7O2.CH4/c1-17-5-12-21(15-23(17)28)29-26(37)35(22-13-10-20(11-14-22)27(2,3)4)16-18-6-8-19(9-7-18)24(36)30-25-31-33-34-32-25;/h5-9,12,15,20,22H,10-11,13-14,16H2,1-4H3,(H,29,37)(H2,30,31,32,33,34,36);1H4. The Bertz CT molecular complexity index is 1210. The van der Waals surface area contributed by atoms with Gasteiger partial charge in [0.15, 0.2) is 0 Å². The van der Waals surface area contributed by atoms with Crippen molar-refractivity contribution in [3.63, 3.8) is 0 Å². The zero-order chi connectivity index (χ0) is 26.6. The topological polar surface area (TPSA) is 116 Å². The zero-order valence-corrected chi connectivity index (χ0v) is 22.5. The Morgan fingerprint density at radius 2 is 1.74 bits per heavy atom. The van der Waals surface area contributed by atoms with Crippen molar-refractivity contribution in [3.05, 3.63) is 64.2 Å². The van der Waals surface area contributed by atoms with Gasteiger partial charge in [-0.3, -0.25) is 10.1 Å². The Morgan fingerprint density at radius 3 is 2.32 bits per heavy atom. The number of aromatic nitrogens is 4. The van der Waals surface area contributed by atoms with Gasteiger partial charge in [0.1, 0.15) is 0 Å². The van der Waals surface area contributed by atoms with E-state index in [1.165, 1.54) is 0 Å². The van der Waals surface area contributed by atoms with Crippen molar-refractivity contribution in [2.24, 2.45) is 11.3 Å². The van der Waals surface area contributed by atoms with Crippen LogP contribution in [0.15, 0.2) is 42.5 Å². The molecule has 0 unspecified atom stereocenters. The van der Waals surface area contributed by atoms with Gasteiger partial charge in [-0.1, -0.05) is 63.1 Å². The Morgan fingerprint density at radius 1 is 1.05 bits per heavy atom. The third kappa shape index (κ3) is 7.31. The molecular weight excluding hydrogens is 502 g/mol. The summed E-state index contributed by atoms with van der Waals surface area (Å²) in [5, 5.41) is 19.4. The summed E-state index contributed by atoms with van der Waals surface area (Å²) in [5.74, 6) is 0.417. The maximum absolute atomic E-state index is 13.5. The summed E-state index contributed by atoms with van der Waals surface area (Å²) in [6.45, 7) is 9.24. The fraction of sp³-hybridized carbons (Fsp3) is 0.464. The monoisotopic (exact) mass is 539 g/mol. The number of hydrogen-bond donors (Lipinski definition) is 3. The molecule has 9 nitrogen and oxygen atoms in total. The average Bonchev–Trinajstić information content (AvgIpc) is 3.38. The van der Waals surface area contributed by atoms with Crippen LogP contribution in [0.25, 0.3) is 0 Å². The van der Waals surface area contributed by atoms with Crippen LogP contribution >= 0.6 is 11.6 Å². The minimum atomic E-state index is -0.334. The highest BCUT2D eigenvalue weighted by Gasteiger charge is 2.33. The maximum atomic E-state index is 13.5. The fourth-order valence-corrected chi connectivity index (χ4v) is 5.01. The van der Waals surface area contributed by atoms with Crippen LogP contribution in [0.3, 0.4) is 0 Å². The van der Waals surface area contributed by atoms with Crippen LogP contribution in [0.1, 0.15) is 75.4 Å². The summed E-state index contributed by atoms with van der Waals surface area (Å²) in [6, 6.07) is 12.7. The van der Waals surface area contributed by atoms with E-state index >= 15 is 0 Å². The summed E-state index contributed by atoms with van der Waals surface area (Å²) >= 11 is 6.29. The lowest BCUT2D eigenvalue weighted by Gasteiger charge is -2.41. The number of aromatic amines is 1. The van der Waals surface area contributed by atoms with Crippen LogP contribution in [0, 0.1) is 18.3 Å². The smallest absolute Gasteiger partial charge is 0.317 e. The minimum absolute atomic E-state index is 0. The molecule has 1 aliphatic rings. The number of urea groups is 1. The number of halogens is 1. The van der Waals surface area contributed by atoms with Gasteiger partial charge in [-0.05, 0) is 84.5 Å². The third-order valence-electron chi connectivity index (χ3n) is 7.19. The van der Waals surface area contributed by atoms with E-state index in [4.69, 9.17) is 11.6 Å². The molecule has 4 rings (SSSR count). The van der Waals surface area contributed by atoms with E-state index in [0.717, 1.165) is 36.8 Å². The number of H-pyrrole nitrogens is 1. The van der Waals surface area contributed by atoms with E-state index < -0.39 is 0 Å². The first-order valence-electron chi connectivity index (χ1n) is 12.6. The number of amides is 3. The maximum Gasteiger partial charge on any atom is 0.322 e. The summed E-state index contributed by atoms with van der Waals surface area (Å²) < 4.78 is 0. The molecule has 3 amide bonds. The van der Waals surface area contributed by atoms with Crippen molar-refractivity contribution in [1.82, 2.24) is 25.5 Å². The van der Waals surface area contributed by atoms with Crippen molar-refractivity contribution < 1.29 is 9.59 Å². The van der Waals surface area contributed by atoms with E-state index in [2.05, 4.69) is 52.0 Å². The van der Waals surface area contributed by atoms with Gasteiger partial charge >= 0.3 is 6.03 Å². The second-order valence-corrected chi connectivity index (χ2v) is 11.2. The number of anilines is 2. The normalized spacial score (nSPS) is 17.3. The van der Waals surface area contributed by atoms with E-state index in [0.29, 0.717) is 28.7 Å². The lowest BCUT2D eigenvalue weighted by atomic mass is 9.71. The molecule has 0 aliphatic heterocycles. The fourth-order valence-electron chi connectivity index (χ4n) is 4.83. The first-order chi connectivity index (χ1) is 17.6. The molecule has 0 bridgehead atoms. The van der Waals surface area contributed by atoms with Gasteiger partial charge in [-0.25, -0.2) is 4.79 Å². The van der Waals surface area contributed by atoms with Gasteiger partial charge < -0.3 is 10.2 Å². The number of hydrogen-bond acceptors (Lipinski definition) is 5. The van der Waals surface area contributed by atoms with E-state index in [1.54, 1.807) is 18.2 Å². The molecule has 1 aliphatic carbocycles. The van der Waals surface area contributed by atoms with Gasteiger partial charge in [-0.2, -0.15) is 5.21 Å². The van der Waals surface area contributed by atoms with Crippen LogP contribution in [0.4, 0.5) is 16.4 Å². The predicted octanol–water partition coefficient (Wildman–Crippen LogP) is 6.69. The van der Waals surface area contributed by atoms with Crippen molar-refractivity contribution >= 4 is 35.2 Å². The second kappa shape index (κ2) is 12.4. The van der Waals surface area contributed by atoms with Crippen LogP contribution in [-0.4, -0.2) is 43.5 Å². The minimum Gasteiger partial charge on any atom is -0.317 e. The van der Waals surface area contributed by atoms with Crippen LogP contribution in [-0.2, 0) is 6.54 Å². The lowest BCUT2D eigenvalue weighted by Crippen LogP contribution is -2.45. The third-order valence-corrected chi connectivity index (χ3v) is 7.59. The molecule has 0 atom stereocenters. The van der Waals surface area contributed by atoms with Gasteiger partial charge in [0, 0.05) is 28.9 Å². The molecule has 38 heavy (non-hydrogen) atoms. The van der Waals surface area contributed by atoms with Gasteiger partial charge in [0.2, 0.25) is 0 Å². The van der Waals surface area contributed by atoms with Gasteiger partial charge in [0.05, 0.1) is 0 Å². The molecule has 1 fully saturated rings. The van der Waals surface area contributed by atoms with E-state index in [-0.39, 0.29) is 36.8 Å². The van der Waals surface area contributed by atoms with Crippen molar-refractivity contribution in [2.75, 3.05) is 10.6 Å². The molecule has 204 valence electrons. The van der Waals surface area contributed by atoms with Gasteiger partial charge in [0.25, 0.3) is 11.9 Å². The summed E-state index contributed by atoms with van der Waals surface area (Å²) in [5.41, 5.74) is 3.29. The molecule has 0 radical (unpaired) electrons. The number of nitrogens with zero attached hydrogens (tertiary/aromatic N) is 4. The second-order valence-electron chi connectivity index (χ2n) is 10.8. The number of carbonyl (C=O) groups excluding carboxylic acids is 2. The summed E-state index contributed by atoms with van der Waals surface area (Å²) in [6.07, 6.45) is 4.08. The number of aryl methyl sites for hydroxylation is 1. The Balaban J connectivity index is 0.00000400. The number of nitrogens with one attached hydrogen (secondary N) is 3. The first kappa shape index (κ1) is 29.1. The van der Waals surface area contributed by atoms with Crippen LogP contribution < -0.4 is 10.6 Å². The largest absolute Gasteiger partial charge is 0.322 e. The highest BCUT2D eigenvalue weighted by Crippen LogP contribution is 2.39. The highest BCUT2D eigenvalue weighted by molar-refractivity contribution is 6.31. The predicted molar refractivity (Wildman–Crippen MR) is 151 cm³/mol. The number of carbonyl (C=O) groups is 2. The molecule has 0 saturated heterocycles. The Hall–Kier alpha value is -3.46. The Labute approximate surface area is 229 Å². The van der Waals surface area contributed by atoms with Gasteiger partial charge in [-0.15, -0.1) is 5.10 Å². The van der Waals surface area contributed by atoms with E-state index in [1.807, 2.05) is 36.1 Å². The zero-order valence-electron chi connectivity index (χ0n) is 21.7. The van der Waals surface area contributed by atoms with Crippen LogP contribution in [0.2, 0.25) is 5.02 Å². The number of tetrazole rings is 1. The first-order valence-corrected chi connectivity index (χ1v) is 13.0. The molecule has 2 aromatic carbocycles. The number of benzene rings is 2. The molecule has 3 N–H and O–H groups in total. The molecular formula is C28H38ClN7O2. The molecule has 0 spiro atoms. The van der Waals surface area contributed by atoms with E-state index in [9.17, 15) is 9.59 Å². The average molecular weight is 540 g/mol. The summed E-state index contributed by atoms with van der Waals surface area (Å²) in [4.78, 5) is 27.9. The molecule has 10 heteroatoms. The Kier molecular flexibility index (Phi) is 9.49. The molecule has 3 aromatic rings. The quantitative estimate of drug-likeness (QED) is 0.322. The SMILES string of the molecule is C.Cc1ccc(NC(=O)N(Cc2ccc(C(=O)Nc3nn[nH]n3)cc2)C2CCC(C(C)(C)C)CC2)cc1Cl. The summed E-state index contributed by atoms with van der Waals surface area (Å²) in [7, 11) is 0. The highest BCUT2D eigenvalue weighted by atomic mass is 35.5. The molecule has 1 saturated carbocycles. The number of rotatable bonds is 6. The lowest BCUT2D eigenvalue weighted by molar-refractivity contribution is 0.102. The molecule has 1 heterocycles. The van der Waals surface area contributed by atoms with Crippen molar-refractivity contribution in [1.29, 1.82) is 0 Å². The molecule has 1 aromatic heterocycles. The van der Waals surface area contributed by atoms with Crippen molar-refractivity contribution in [3.8, 4) is 0 Å².